The van der Waals surface area contributed by atoms with E-state index in [1.54, 1.807) is 0 Å². The predicted molar refractivity (Wildman–Crippen MR) is 69.3 cm³/mol. The summed E-state index contributed by atoms with van der Waals surface area (Å²) in [6.45, 7) is 3.53. The summed E-state index contributed by atoms with van der Waals surface area (Å²) in [6, 6.07) is 8.05. The summed E-state index contributed by atoms with van der Waals surface area (Å²) in [7, 11) is 0. The van der Waals surface area contributed by atoms with Gasteiger partial charge in [0.1, 0.15) is 0 Å². The van der Waals surface area contributed by atoms with Gasteiger partial charge in [-0.25, -0.2) is 4.79 Å². The van der Waals surface area contributed by atoms with Crippen LogP contribution in [0.5, 0.6) is 0 Å². The highest BCUT2D eigenvalue weighted by Gasteiger charge is 2.11. The van der Waals surface area contributed by atoms with Crippen LogP contribution >= 0.6 is 0 Å². The lowest BCUT2D eigenvalue weighted by atomic mass is 10.1. The maximum atomic E-state index is 11.6. The van der Waals surface area contributed by atoms with Crippen molar-refractivity contribution in [2.75, 3.05) is 6.61 Å². The monoisotopic (exact) mass is 260 g/mol. The summed E-state index contributed by atoms with van der Waals surface area (Å²) < 4.78 is 4.87. The van der Waals surface area contributed by atoms with E-state index in [9.17, 15) is 9.59 Å². The molecule has 0 bridgehead atoms. The smallest absolute Gasteiger partial charge is 0.338 e. The Bertz CT molecular complexity index is 488. The van der Waals surface area contributed by atoms with Crippen LogP contribution in [-0.2, 0) is 9.53 Å². The molecule has 1 amide bonds. The Hall–Kier alpha value is -2.35. The van der Waals surface area contributed by atoms with Crippen molar-refractivity contribution in [1.82, 2.24) is 5.32 Å². The average Bonchev–Trinajstić information content (AvgIpc) is 2.44. The third kappa shape index (κ3) is 4.80. The molecule has 1 atom stereocenters. The van der Waals surface area contributed by atoms with Crippen LogP contribution in [0.2, 0.25) is 0 Å². The van der Waals surface area contributed by atoms with Gasteiger partial charge < -0.3 is 10.1 Å². The van der Waals surface area contributed by atoms with Crippen molar-refractivity contribution in [3.8, 4) is 6.07 Å². The van der Waals surface area contributed by atoms with Crippen LogP contribution in [-0.4, -0.2) is 24.5 Å². The molecule has 0 spiro atoms. The number of benzene rings is 1. The summed E-state index contributed by atoms with van der Waals surface area (Å²) in [6.07, 6.45) is 0.815. The largest absolute Gasteiger partial charge is 0.452 e. The fourth-order valence-corrected chi connectivity index (χ4v) is 1.31. The topological polar surface area (TPSA) is 79.2 Å². The molecule has 1 N–H and O–H groups in total. The van der Waals surface area contributed by atoms with Gasteiger partial charge in [-0.05, 0) is 37.6 Å². The maximum absolute atomic E-state index is 11.6. The van der Waals surface area contributed by atoms with E-state index in [-0.39, 0.29) is 18.6 Å². The highest BCUT2D eigenvalue weighted by Crippen LogP contribution is 2.05. The number of carbonyl (C=O) groups excluding carboxylic acids is 2. The van der Waals surface area contributed by atoms with Crippen LogP contribution in [0.25, 0.3) is 0 Å². The van der Waals surface area contributed by atoms with Crippen LogP contribution in [0.3, 0.4) is 0 Å². The molecule has 0 aliphatic heterocycles. The zero-order chi connectivity index (χ0) is 14.3. The maximum Gasteiger partial charge on any atom is 0.338 e. The van der Waals surface area contributed by atoms with Gasteiger partial charge in [0.15, 0.2) is 6.61 Å². The minimum absolute atomic E-state index is 0.0566. The number of ether oxygens (including phenoxy) is 1. The van der Waals surface area contributed by atoms with Crippen molar-refractivity contribution in [3.05, 3.63) is 35.4 Å². The average molecular weight is 260 g/mol. The van der Waals surface area contributed by atoms with Crippen molar-refractivity contribution < 1.29 is 14.3 Å². The van der Waals surface area contributed by atoms with Gasteiger partial charge in [0, 0.05) is 6.04 Å². The summed E-state index contributed by atoms with van der Waals surface area (Å²) in [5.41, 5.74) is 0.779. The van der Waals surface area contributed by atoms with Gasteiger partial charge in [-0.1, -0.05) is 6.92 Å². The molecule has 0 saturated carbocycles. The summed E-state index contributed by atoms with van der Waals surface area (Å²) >= 11 is 0. The van der Waals surface area contributed by atoms with E-state index in [2.05, 4.69) is 5.32 Å². The minimum Gasteiger partial charge on any atom is -0.452 e. The molecule has 1 rings (SSSR count). The third-order valence-corrected chi connectivity index (χ3v) is 2.60. The molecule has 0 radical (unpaired) electrons. The van der Waals surface area contributed by atoms with Crippen LogP contribution in [0.4, 0.5) is 0 Å². The molecule has 5 heteroatoms. The molecule has 0 aromatic heterocycles. The van der Waals surface area contributed by atoms with Crippen LogP contribution < -0.4 is 5.32 Å². The van der Waals surface area contributed by atoms with E-state index in [4.69, 9.17) is 10.00 Å². The molecule has 5 nitrogen and oxygen atoms in total. The second kappa shape index (κ2) is 7.17. The number of rotatable bonds is 5. The summed E-state index contributed by atoms with van der Waals surface area (Å²) in [4.78, 5) is 23.0. The minimum atomic E-state index is -0.580. The Morgan fingerprint density at radius 3 is 2.53 bits per heavy atom. The molecule has 0 unspecified atom stereocenters. The number of hydrogen-bond donors (Lipinski definition) is 1. The summed E-state index contributed by atoms with van der Waals surface area (Å²) in [5, 5.41) is 11.3. The van der Waals surface area contributed by atoms with Gasteiger partial charge in [-0.15, -0.1) is 0 Å². The van der Waals surface area contributed by atoms with Gasteiger partial charge in [0.25, 0.3) is 5.91 Å². The normalized spacial score (nSPS) is 11.2. The van der Waals surface area contributed by atoms with Crippen molar-refractivity contribution in [2.24, 2.45) is 0 Å². The zero-order valence-electron chi connectivity index (χ0n) is 11.0. The van der Waals surface area contributed by atoms with Gasteiger partial charge >= 0.3 is 5.97 Å². The van der Waals surface area contributed by atoms with Crippen LogP contribution in [0.1, 0.15) is 36.2 Å². The van der Waals surface area contributed by atoms with E-state index in [1.165, 1.54) is 24.3 Å². The van der Waals surface area contributed by atoms with E-state index < -0.39 is 5.97 Å². The number of nitrogens with zero attached hydrogens (tertiary/aromatic N) is 1. The molecule has 0 saturated heterocycles. The fourth-order valence-electron chi connectivity index (χ4n) is 1.31. The highest BCUT2D eigenvalue weighted by molar-refractivity contribution is 5.91. The number of nitrogens with one attached hydrogen (secondary N) is 1. The molecule has 0 fully saturated rings. The Kier molecular flexibility index (Phi) is 5.55. The quantitative estimate of drug-likeness (QED) is 0.816. The lowest BCUT2D eigenvalue weighted by Gasteiger charge is -2.11. The second-order valence-electron chi connectivity index (χ2n) is 4.14. The van der Waals surface area contributed by atoms with E-state index >= 15 is 0 Å². The number of esters is 1. The molecular formula is C14H16N2O3. The van der Waals surface area contributed by atoms with Gasteiger partial charge in [-0.3, -0.25) is 4.79 Å². The Morgan fingerprint density at radius 2 is 2.00 bits per heavy atom. The Morgan fingerprint density at radius 1 is 1.37 bits per heavy atom. The molecule has 0 aliphatic carbocycles. The van der Waals surface area contributed by atoms with Gasteiger partial charge in [0.2, 0.25) is 0 Å². The second-order valence-corrected chi connectivity index (χ2v) is 4.14. The van der Waals surface area contributed by atoms with Gasteiger partial charge in [0.05, 0.1) is 17.2 Å². The van der Waals surface area contributed by atoms with Gasteiger partial charge in [-0.2, -0.15) is 5.26 Å². The molecule has 0 aliphatic rings. The van der Waals surface area contributed by atoms with Crippen molar-refractivity contribution in [1.29, 1.82) is 5.26 Å². The Labute approximate surface area is 112 Å². The number of amides is 1. The fraction of sp³-hybridized carbons (Fsp3) is 0.357. The standard InChI is InChI=1S/C14H16N2O3/c1-3-10(2)16-13(17)9-19-14(18)12-6-4-11(8-15)5-7-12/h4-7,10H,3,9H2,1-2H3,(H,16,17)/t10-/m0/s1. The van der Waals surface area contributed by atoms with Crippen LogP contribution in [0, 0.1) is 11.3 Å². The van der Waals surface area contributed by atoms with Crippen molar-refractivity contribution in [2.45, 2.75) is 26.3 Å². The first-order valence-corrected chi connectivity index (χ1v) is 6.03. The first kappa shape index (κ1) is 14.7. The zero-order valence-corrected chi connectivity index (χ0v) is 11.0. The van der Waals surface area contributed by atoms with Crippen LogP contribution in [0.15, 0.2) is 24.3 Å². The SMILES string of the molecule is CC[C@H](C)NC(=O)COC(=O)c1ccc(C#N)cc1. The number of carbonyl (C=O) groups is 2. The first-order chi connectivity index (χ1) is 9.06. The number of nitriles is 1. The lowest BCUT2D eigenvalue weighted by Crippen LogP contribution is -2.35. The molecule has 19 heavy (non-hydrogen) atoms. The summed E-state index contributed by atoms with van der Waals surface area (Å²) in [5.74, 6) is -0.903. The van der Waals surface area contributed by atoms with Crippen molar-refractivity contribution in [3.63, 3.8) is 0 Å². The molecule has 1 aromatic rings. The highest BCUT2D eigenvalue weighted by atomic mass is 16.5. The first-order valence-electron chi connectivity index (χ1n) is 6.03. The van der Waals surface area contributed by atoms with E-state index in [0.29, 0.717) is 11.1 Å². The predicted octanol–water partition coefficient (Wildman–Crippen LogP) is 1.63. The van der Waals surface area contributed by atoms with E-state index in [1.807, 2.05) is 19.9 Å². The molecular weight excluding hydrogens is 244 g/mol. The third-order valence-electron chi connectivity index (χ3n) is 2.60. The van der Waals surface area contributed by atoms with E-state index in [0.717, 1.165) is 6.42 Å². The molecule has 0 heterocycles. The molecule has 100 valence electrons. The number of hydrogen-bond acceptors (Lipinski definition) is 4. The lowest BCUT2D eigenvalue weighted by molar-refractivity contribution is -0.124. The Balaban J connectivity index is 2.47. The molecule has 1 aromatic carbocycles. The van der Waals surface area contributed by atoms with Crippen molar-refractivity contribution >= 4 is 11.9 Å².